The van der Waals surface area contributed by atoms with Crippen LogP contribution in [-0.2, 0) is 18.7 Å². The summed E-state index contributed by atoms with van der Waals surface area (Å²) >= 11 is 0. The minimum absolute atomic E-state index is 0.0357. The van der Waals surface area contributed by atoms with Crippen molar-refractivity contribution in [1.82, 2.24) is 5.32 Å². The van der Waals surface area contributed by atoms with E-state index in [9.17, 15) is 14.2 Å². The van der Waals surface area contributed by atoms with Gasteiger partial charge in [0.15, 0.2) is 0 Å². The lowest BCUT2D eigenvalue weighted by molar-refractivity contribution is -0.134. The number of phosphoric ester groups is 1. The van der Waals surface area contributed by atoms with Crippen molar-refractivity contribution in [2.24, 2.45) is 16.2 Å². The lowest BCUT2D eigenvalue weighted by atomic mass is 9.64. The summed E-state index contributed by atoms with van der Waals surface area (Å²) in [5.41, 5.74) is -0.717. The van der Waals surface area contributed by atoms with E-state index in [1.54, 1.807) is 6.92 Å². The van der Waals surface area contributed by atoms with Crippen LogP contribution >= 0.6 is 7.82 Å². The molecule has 0 aromatic rings. The molecule has 0 rings (SSSR count). The Labute approximate surface area is 158 Å². The number of rotatable bonds is 9. The van der Waals surface area contributed by atoms with E-state index >= 15 is 0 Å². The number of phosphoric acid groups is 1. The Kier molecular flexibility index (Phi) is 11.1. The normalized spacial score (nSPS) is 12.9. The molecule has 0 saturated carbocycles. The molecule has 0 aromatic carbocycles. The molecule has 7 nitrogen and oxygen atoms in total. The van der Waals surface area contributed by atoms with Gasteiger partial charge in [-0.15, -0.1) is 0 Å². The molecule has 1 amide bonds. The Morgan fingerprint density at radius 2 is 1.50 bits per heavy atom. The first kappa shape index (κ1) is 27.5. The maximum Gasteiger partial charge on any atom is 0.469 e. The van der Waals surface area contributed by atoms with Gasteiger partial charge in [0.05, 0.1) is 0 Å². The summed E-state index contributed by atoms with van der Waals surface area (Å²) in [6.45, 7) is 16.6. The number of carbonyl (C=O) groups is 2. The monoisotopic (exact) mass is 395 g/mol. The van der Waals surface area contributed by atoms with Crippen LogP contribution in [0.5, 0.6) is 0 Å². The van der Waals surface area contributed by atoms with E-state index in [0.717, 1.165) is 20.0 Å². The summed E-state index contributed by atoms with van der Waals surface area (Å²) in [4.78, 5) is 39.4. The van der Waals surface area contributed by atoms with Crippen molar-refractivity contribution < 1.29 is 28.5 Å². The molecule has 156 valence electrons. The van der Waals surface area contributed by atoms with Gasteiger partial charge in [-0.25, -0.2) is 4.57 Å². The number of carbonyl (C=O) groups excluding carboxylic acids is 2. The molecular formula is C18H38NO6P. The Bertz CT molecular complexity index is 508. The number of ketones is 1. The van der Waals surface area contributed by atoms with Crippen LogP contribution in [-0.4, -0.2) is 35.1 Å². The molecule has 0 saturated heterocycles. The Balaban J connectivity index is 0. The molecule has 0 radical (unpaired) electrons. The van der Waals surface area contributed by atoms with Crippen LogP contribution < -0.4 is 5.32 Å². The predicted molar refractivity (Wildman–Crippen MR) is 104 cm³/mol. The number of amides is 1. The van der Waals surface area contributed by atoms with Gasteiger partial charge in [0.2, 0.25) is 5.91 Å². The van der Waals surface area contributed by atoms with Gasteiger partial charge >= 0.3 is 7.82 Å². The average Bonchev–Trinajstić information content (AvgIpc) is 2.44. The van der Waals surface area contributed by atoms with Gasteiger partial charge in [-0.3, -0.25) is 14.1 Å². The quantitative estimate of drug-likeness (QED) is 0.513. The molecule has 0 bridgehead atoms. The van der Waals surface area contributed by atoms with Gasteiger partial charge in [-0.1, -0.05) is 54.9 Å². The first-order chi connectivity index (χ1) is 11.4. The molecule has 0 aliphatic carbocycles. The first-order valence-corrected chi connectivity index (χ1v) is 10.3. The van der Waals surface area contributed by atoms with Crippen LogP contribution in [0.3, 0.4) is 0 Å². The number of nitrogens with one attached hydrogen (secondary N) is 1. The molecule has 0 aliphatic rings. The Hall–Kier alpha value is -0.750. The Morgan fingerprint density at radius 3 is 1.81 bits per heavy atom. The van der Waals surface area contributed by atoms with Crippen LogP contribution in [0.2, 0.25) is 0 Å². The highest BCUT2D eigenvalue weighted by atomic mass is 31.2. The van der Waals surface area contributed by atoms with Crippen LogP contribution in [0.15, 0.2) is 0 Å². The highest BCUT2D eigenvalue weighted by Crippen LogP contribution is 2.42. The van der Waals surface area contributed by atoms with Gasteiger partial charge in [-0.2, -0.15) is 0 Å². The van der Waals surface area contributed by atoms with Gasteiger partial charge in [0.25, 0.3) is 0 Å². The van der Waals surface area contributed by atoms with Crippen molar-refractivity contribution in [1.29, 1.82) is 0 Å². The van der Waals surface area contributed by atoms with E-state index < -0.39 is 13.2 Å². The smallest absolute Gasteiger partial charge is 0.356 e. The van der Waals surface area contributed by atoms with Crippen LogP contribution in [0.4, 0.5) is 0 Å². The SMILES string of the molecule is CCCC(C)(C)CNC(=O)CC(C)(C)C(C)(C)C(C)=O.COP(=O)(O)O. The molecule has 0 aromatic heterocycles. The third kappa shape index (κ3) is 11.1. The van der Waals surface area contributed by atoms with Gasteiger partial charge in [-0.05, 0) is 24.2 Å². The lowest BCUT2D eigenvalue weighted by Crippen LogP contribution is -2.43. The van der Waals surface area contributed by atoms with Gasteiger partial charge in [0, 0.05) is 25.5 Å². The van der Waals surface area contributed by atoms with E-state index in [1.807, 2.05) is 27.7 Å². The summed E-state index contributed by atoms with van der Waals surface area (Å²) < 4.78 is 13.1. The van der Waals surface area contributed by atoms with Crippen molar-refractivity contribution in [3.8, 4) is 0 Å². The van der Waals surface area contributed by atoms with Crippen molar-refractivity contribution in [2.75, 3.05) is 13.7 Å². The highest BCUT2D eigenvalue weighted by molar-refractivity contribution is 7.46. The van der Waals surface area contributed by atoms with Crippen LogP contribution in [0, 0.1) is 16.2 Å². The predicted octanol–water partition coefficient (Wildman–Crippen LogP) is 3.69. The molecule has 0 aliphatic heterocycles. The standard InChI is InChI=1S/C17H33NO2.CH5O4P/c1-9-10-15(3,4)12-18-14(20)11-16(5,6)17(7,8)13(2)19;1-5-6(2,3)4/h9-12H2,1-8H3,(H,18,20);1H3,(H2,2,3,4). The maximum absolute atomic E-state index is 12.2. The third-order valence-corrected chi connectivity index (χ3v) is 5.58. The van der Waals surface area contributed by atoms with E-state index in [1.165, 1.54) is 0 Å². The lowest BCUT2D eigenvalue weighted by Gasteiger charge is -2.39. The van der Waals surface area contributed by atoms with E-state index in [0.29, 0.717) is 13.0 Å². The summed E-state index contributed by atoms with van der Waals surface area (Å²) in [5.74, 6) is 0.162. The fraction of sp³-hybridized carbons (Fsp3) is 0.889. The topological polar surface area (TPSA) is 113 Å². The molecule has 0 unspecified atom stereocenters. The maximum atomic E-state index is 12.2. The van der Waals surface area contributed by atoms with Crippen LogP contribution in [0.25, 0.3) is 0 Å². The first-order valence-electron chi connectivity index (χ1n) is 8.81. The molecule has 0 atom stereocenters. The molecule has 8 heteroatoms. The molecule has 0 spiro atoms. The second-order valence-electron chi connectivity index (χ2n) is 8.61. The molecular weight excluding hydrogens is 357 g/mol. The van der Waals surface area contributed by atoms with Gasteiger partial charge in [0.1, 0.15) is 5.78 Å². The fourth-order valence-corrected chi connectivity index (χ4v) is 2.26. The van der Waals surface area contributed by atoms with E-state index in [2.05, 4.69) is 30.6 Å². The van der Waals surface area contributed by atoms with Crippen molar-refractivity contribution >= 4 is 19.5 Å². The second kappa shape index (κ2) is 10.5. The molecule has 0 heterocycles. The zero-order valence-corrected chi connectivity index (χ0v) is 18.7. The van der Waals surface area contributed by atoms with Crippen molar-refractivity contribution in [3.05, 3.63) is 0 Å². The fourth-order valence-electron chi connectivity index (χ4n) is 2.26. The largest absolute Gasteiger partial charge is 0.469 e. The molecule has 26 heavy (non-hydrogen) atoms. The number of hydrogen-bond donors (Lipinski definition) is 3. The van der Waals surface area contributed by atoms with Crippen LogP contribution in [0.1, 0.15) is 74.7 Å². The minimum atomic E-state index is -4.15. The Morgan fingerprint density at radius 1 is 1.08 bits per heavy atom. The third-order valence-electron chi connectivity index (χ3n) is 5.10. The highest BCUT2D eigenvalue weighted by Gasteiger charge is 2.42. The zero-order chi connectivity index (χ0) is 21.4. The van der Waals surface area contributed by atoms with E-state index in [4.69, 9.17) is 9.79 Å². The van der Waals surface area contributed by atoms with Gasteiger partial charge < -0.3 is 15.1 Å². The number of hydrogen-bond acceptors (Lipinski definition) is 4. The molecule has 3 N–H and O–H groups in total. The second-order valence-corrected chi connectivity index (χ2v) is 9.95. The number of Topliss-reactive ketones (excluding diaryl/α,β-unsaturated/α-hetero) is 1. The van der Waals surface area contributed by atoms with Crippen molar-refractivity contribution in [3.63, 3.8) is 0 Å². The summed E-state index contributed by atoms with van der Waals surface area (Å²) in [6.07, 6.45) is 2.59. The summed E-state index contributed by atoms with van der Waals surface area (Å²) in [5, 5.41) is 3.02. The molecule has 0 fully saturated rings. The summed E-state index contributed by atoms with van der Waals surface area (Å²) in [7, 11) is -3.20. The van der Waals surface area contributed by atoms with E-state index in [-0.39, 0.29) is 22.5 Å². The van der Waals surface area contributed by atoms with Crippen molar-refractivity contribution in [2.45, 2.75) is 74.7 Å². The minimum Gasteiger partial charge on any atom is -0.356 e. The zero-order valence-electron chi connectivity index (χ0n) is 17.8. The average molecular weight is 395 g/mol. The summed E-state index contributed by atoms with van der Waals surface area (Å²) in [6, 6.07) is 0.